The molecule has 0 aliphatic rings. The maximum atomic E-state index is 13.0. The van der Waals surface area contributed by atoms with Gasteiger partial charge in [-0.15, -0.1) is 0 Å². The minimum absolute atomic E-state index is 0.284. The quantitative estimate of drug-likeness (QED) is 0.593. The lowest BCUT2D eigenvalue weighted by Crippen LogP contribution is -2.15. The summed E-state index contributed by atoms with van der Waals surface area (Å²) in [6, 6.07) is 15.6. The van der Waals surface area contributed by atoms with Crippen LogP contribution in [0.15, 0.2) is 54.6 Å². The summed E-state index contributed by atoms with van der Waals surface area (Å²) < 4.78 is 13.0. The standard InChI is InChI=1S/C14H11FN2/c15-13-6-4-5-12(9-13)10-17(11-16)14-7-2-1-3-8-14/h1-9H,10H2. The number of nitriles is 1. The van der Waals surface area contributed by atoms with E-state index in [2.05, 4.69) is 6.19 Å². The number of para-hydroxylation sites is 1. The Morgan fingerprint density at radius 1 is 1.06 bits per heavy atom. The van der Waals surface area contributed by atoms with Crippen molar-refractivity contribution in [2.45, 2.75) is 6.54 Å². The second-order valence-electron chi connectivity index (χ2n) is 3.65. The van der Waals surface area contributed by atoms with Crippen LogP contribution in [-0.2, 0) is 6.54 Å². The van der Waals surface area contributed by atoms with Crippen LogP contribution < -0.4 is 4.90 Å². The summed E-state index contributed by atoms with van der Waals surface area (Å²) in [5.41, 5.74) is 1.58. The van der Waals surface area contributed by atoms with Crippen molar-refractivity contribution in [3.8, 4) is 6.19 Å². The van der Waals surface area contributed by atoms with Gasteiger partial charge in [-0.05, 0) is 29.8 Å². The fourth-order valence-corrected chi connectivity index (χ4v) is 1.61. The van der Waals surface area contributed by atoms with Crippen molar-refractivity contribution in [2.24, 2.45) is 0 Å². The third-order valence-electron chi connectivity index (χ3n) is 2.42. The lowest BCUT2D eigenvalue weighted by Gasteiger charge is -2.15. The first kappa shape index (κ1) is 11.2. The van der Waals surface area contributed by atoms with E-state index in [1.165, 1.54) is 17.0 Å². The monoisotopic (exact) mass is 226 g/mol. The molecule has 0 fully saturated rings. The highest BCUT2D eigenvalue weighted by atomic mass is 19.1. The van der Waals surface area contributed by atoms with Crippen LogP contribution in [0.2, 0.25) is 0 Å². The number of rotatable bonds is 3. The zero-order valence-corrected chi connectivity index (χ0v) is 9.18. The fourth-order valence-electron chi connectivity index (χ4n) is 1.61. The van der Waals surface area contributed by atoms with Crippen LogP contribution in [0.5, 0.6) is 0 Å². The molecule has 0 bridgehead atoms. The van der Waals surface area contributed by atoms with Gasteiger partial charge in [0.05, 0.1) is 12.2 Å². The van der Waals surface area contributed by atoms with Crippen molar-refractivity contribution < 1.29 is 4.39 Å². The molecule has 84 valence electrons. The summed E-state index contributed by atoms with van der Waals surface area (Å²) in [6.45, 7) is 0.373. The molecule has 17 heavy (non-hydrogen) atoms. The molecule has 0 aliphatic heterocycles. The summed E-state index contributed by atoms with van der Waals surface area (Å²) >= 11 is 0. The van der Waals surface area contributed by atoms with Crippen LogP contribution in [0.4, 0.5) is 10.1 Å². The molecule has 0 aromatic heterocycles. The van der Waals surface area contributed by atoms with Crippen LogP contribution in [0.25, 0.3) is 0 Å². The molecular weight excluding hydrogens is 215 g/mol. The predicted molar refractivity (Wildman–Crippen MR) is 64.6 cm³/mol. The highest BCUT2D eigenvalue weighted by Gasteiger charge is 2.06. The number of halogens is 1. The molecule has 0 saturated carbocycles. The van der Waals surface area contributed by atoms with Gasteiger partial charge < -0.3 is 0 Å². The smallest absolute Gasteiger partial charge is 0.184 e. The van der Waals surface area contributed by atoms with Crippen molar-refractivity contribution in [1.82, 2.24) is 0 Å². The van der Waals surface area contributed by atoms with E-state index in [0.717, 1.165) is 11.3 Å². The molecule has 2 rings (SSSR count). The number of hydrogen-bond acceptors (Lipinski definition) is 2. The third-order valence-corrected chi connectivity index (χ3v) is 2.42. The molecule has 0 saturated heterocycles. The van der Waals surface area contributed by atoms with Gasteiger partial charge in [-0.25, -0.2) is 4.39 Å². The van der Waals surface area contributed by atoms with Crippen LogP contribution in [0.1, 0.15) is 5.56 Å². The van der Waals surface area contributed by atoms with Gasteiger partial charge in [0.1, 0.15) is 5.82 Å². The number of anilines is 1. The Balaban J connectivity index is 2.20. The maximum Gasteiger partial charge on any atom is 0.184 e. The Hall–Kier alpha value is -2.34. The molecule has 0 heterocycles. The molecule has 2 aromatic carbocycles. The minimum atomic E-state index is -0.284. The molecule has 0 unspecified atom stereocenters. The Morgan fingerprint density at radius 3 is 2.47 bits per heavy atom. The highest BCUT2D eigenvalue weighted by Crippen LogP contribution is 2.16. The summed E-state index contributed by atoms with van der Waals surface area (Å²) in [5, 5.41) is 9.09. The van der Waals surface area contributed by atoms with Gasteiger partial charge in [-0.1, -0.05) is 30.3 Å². The van der Waals surface area contributed by atoms with E-state index in [4.69, 9.17) is 5.26 Å². The molecule has 0 radical (unpaired) electrons. The second-order valence-corrected chi connectivity index (χ2v) is 3.65. The van der Waals surface area contributed by atoms with Gasteiger partial charge in [0.2, 0.25) is 0 Å². The van der Waals surface area contributed by atoms with Crippen molar-refractivity contribution >= 4 is 5.69 Å². The van der Waals surface area contributed by atoms with E-state index in [1.54, 1.807) is 12.1 Å². The van der Waals surface area contributed by atoms with Crippen molar-refractivity contribution in [3.63, 3.8) is 0 Å². The van der Waals surface area contributed by atoms with Gasteiger partial charge >= 0.3 is 0 Å². The first-order valence-electron chi connectivity index (χ1n) is 5.26. The van der Waals surface area contributed by atoms with Crippen LogP contribution in [0.3, 0.4) is 0 Å². The van der Waals surface area contributed by atoms with Gasteiger partial charge in [0.15, 0.2) is 6.19 Å². The fraction of sp³-hybridized carbons (Fsp3) is 0.0714. The van der Waals surface area contributed by atoms with E-state index in [9.17, 15) is 4.39 Å². The molecule has 0 atom stereocenters. The lowest BCUT2D eigenvalue weighted by atomic mass is 10.2. The Kier molecular flexibility index (Phi) is 3.37. The summed E-state index contributed by atoms with van der Waals surface area (Å²) in [5.74, 6) is -0.284. The van der Waals surface area contributed by atoms with Crippen LogP contribution in [-0.4, -0.2) is 0 Å². The van der Waals surface area contributed by atoms with E-state index in [1.807, 2.05) is 30.3 Å². The zero-order chi connectivity index (χ0) is 12.1. The molecule has 0 N–H and O–H groups in total. The van der Waals surface area contributed by atoms with Gasteiger partial charge in [-0.2, -0.15) is 5.26 Å². The zero-order valence-electron chi connectivity index (χ0n) is 9.18. The first-order valence-corrected chi connectivity index (χ1v) is 5.26. The first-order chi connectivity index (χ1) is 8.29. The van der Waals surface area contributed by atoms with Crippen molar-refractivity contribution in [1.29, 1.82) is 5.26 Å². The Morgan fingerprint density at radius 2 is 1.82 bits per heavy atom. The van der Waals surface area contributed by atoms with Crippen LogP contribution >= 0.6 is 0 Å². The largest absolute Gasteiger partial charge is 0.275 e. The number of hydrogen-bond donors (Lipinski definition) is 0. The molecule has 3 heteroatoms. The summed E-state index contributed by atoms with van der Waals surface area (Å²) in [6.07, 6.45) is 2.10. The van der Waals surface area contributed by atoms with Crippen molar-refractivity contribution in [3.05, 3.63) is 66.0 Å². The van der Waals surface area contributed by atoms with E-state index >= 15 is 0 Å². The Labute approximate surface area is 99.5 Å². The number of nitrogens with zero attached hydrogens (tertiary/aromatic N) is 2. The molecule has 2 aromatic rings. The summed E-state index contributed by atoms with van der Waals surface area (Å²) in [7, 11) is 0. The van der Waals surface area contributed by atoms with E-state index < -0.39 is 0 Å². The van der Waals surface area contributed by atoms with E-state index in [0.29, 0.717) is 6.54 Å². The van der Waals surface area contributed by atoms with Crippen LogP contribution in [0, 0.1) is 17.3 Å². The molecule has 0 aliphatic carbocycles. The highest BCUT2D eigenvalue weighted by molar-refractivity contribution is 5.50. The molecule has 0 spiro atoms. The predicted octanol–water partition coefficient (Wildman–Crippen LogP) is 3.31. The normalized spacial score (nSPS) is 9.65. The topological polar surface area (TPSA) is 27.0 Å². The third kappa shape index (κ3) is 2.82. The van der Waals surface area contributed by atoms with Gasteiger partial charge in [0, 0.05) is 0 Å². The Bertz CT molecular complexity index is 531. The molecule has 0 amide bonds. The lowest BCUT2D eigenvalue weighted by molar-refractivity contribution is 0.625. The second kappa shape index (κ2) is 5.13. The average Bonchev–Trinajstić information content (AvgIpc) is 2.37. The maximum absolute atomic E-state index is 13.0. The van der Waals surface area contributed by atoms with Gasteiger partial charge in [0.25, 0.3) is 0 Å². The molecular formula is C14H11FN2. The number of benzene rings is 2. The van der Waals surface area contributed by atoms with E-state index in [-0.39, 0.29) is 5.82 Å². The summed E-state index contributed by atoms with van der Waals surface area (Å²) in [4.78, 5) is 1.52. The van der Waals surface area contributed by atoms with Gasteiger partial charge in [-0.3, -0.25) is 4.90 Å². The molecule has 2 nitrogen and oxygen atoms in total. The minimum Gasteiger partial charge on any atom is -0.275 e. The average molecular weight is 226 g/mol. The SMILES string of the molecule is N#CN(Cc1cccc(F)c1)c1ccccc1. The van der Waals surface area contributed by atoms with Crippen molar-refractivity contribution in [2.75, 3.05) is 4.90 Å².